The zero-order chi connectivity index (χ0) is 19.5. The lowest BCUT2D eigenvalue weighted by Gasteiger charge is -2.35. The van der Waals surface area contributed by atoms with Crippen LogP contribution in [0.5, 0.6) is 0 Å². The largest absolute Gasteiger partial charge is 0.477 e. The number of hydrogen-bond acceptors (Lipinski definition) is 5. The second-order valence-corrected chi connectivity index (χ2v) is 7.22. The molecule has 2 fully saturated rings. The van der Waals surface area contributed by atoms with Crippen LogP contribution in [-0.4, -0.2) is 53.8 Å². The van der Waals surface area contributed by atoms with Gasteiger partial charge in [-0.1, -0.05) is 0 Å². The van der Waals surface area contributed by atoms with E-state index < -0.39 is 39.7 Å². The van der Waals surface area contributed by atoms with Crippen molar-refractivity contribution in [3.63, 3.8) is 0 Å². The van der Waals surface area contributed by atoms with Gasteiger partial charge in [-0.15, -0.1) is 0 Å². The first-order valence-electron chi connectivity index (χ1n) is 8.83. The standard InChI is InChI=1S/C18H20F2N4O3/c1-22-4-6-23(7-5-22)16-12(19)14(21)11-15(13(16)20)24(9-2-3-9)8-10(17(11)25)18(26)27/h8-9H,2-7,21H2,1H3,(H,26,27). The Morgan fingerprint density at radius 1 is 1.19 bits per heavy atom. The van der Waals surface area contributed by atoms with E-state index >= 15 is 8.78 Å². The molecule has 0 spiro atoms. The van der Waals surface area contributed by atoms with Gasteiger partial charge in [-0.25, -0.2) is 13.6 Å². The van der Waals surface area contributed by atoms with Gasteiger partial charge in [-0.3, -0.25) is 4.79 Å². The number of likely N-dealkylation sites (N-methyl/N-ethyl adjacent to an activating group) is 1. The monoisotopic (exact) mass is 378 g/mol. The highest BCUT2D eigenvalue weighted by molar-refractivity contribution is 5.99. The van der Waals surface area contributed by atoms with Gasteiger partial charge in [0.05, 0.1) is 16.6 Å². The Hall–Kier alpha value is -2.68. The van der Waals surface area contributed by atoms with Gasteiger partial charge in [-0.05, 0) is 19.9 Å². The molecular weight excluding hydrogens is 358 g/mol. The van der Waals surface area contributed by atoms with E-state index in [1.807, 2.05) is 7.05 Å². The topological polar surface area (TPSA) is 91.8 Å². The summed E-state index contributed by atoms with van der Waals surface area (Å²) >= 11 is 0. The molecule has 9 heteroatoms. The van der Waals surface area contributed by atoms with Crippen LogP contribution in [0.15, 0.2) is 11.0 Å². The van der Waals surface area contributed by atoms with Crippen LogP contribution in [0.4, 0.5) is 20.2 Å². The summed E-state index contributed by atoms with van der Waals surface area (Å²) in [5, 5.41) is 8.92. The van der Waals surface area contributed by atoms with Gasteiger partial charge in [0.2, 0.25) is 5.43 Å². The van der Waals surface area contributed by atoms with E-state index in [2.05, 4.69) is 4.90 Å². The number of hydrogen-bond donors (Lipinski definition) is 2. The minimum atomic E-state index is -1.44. The fraction of sp³-hybridized carbons (Fsp3) is 0.444. The SMILES string of the molecule is CN1CCN(c2c(F)c(N)c3c(=O)c(C(=O)O)cn(C4CC4)c3c2F)CC1. The summed E-state index contributed by atoms with van der Waals surface area (Å²) in [4.78, 5) is 27.7. The number of carbonyl (C=O) groups is 1. The van der Waals surface area contributed by atoms with E-state index in [0.717, 1.165) is 19.0 Å². The smallest absolute Gasteiger partial charge is 0.341 e. The molecule has 27 heavy (non-hydrogen) atoms. The van der Waals surface area contributed by atoms with Crippen LogP contribution in [-0.2, 0) is 0 Å². The molecule has 3 N–H and O–H groups in total. The molecule has 0 atom stereocenters. The number of aromatic carboxylic acids is 1. The summed E-state index contributed by atoms with van der Waals surface area (Å²) in [6.07, 6.45) is 2.62. The molecule has 2 aromatic rings. The Morgan fingerprint density at radius 2 is 1.81 bits per heavy atom. The number of carboxylic acid groups (broad SMARTS) is 1. The number of nitrogens with two attached hydrogens (primary N) is 1. The molecule has 1 saturated carbocycles. The van der Waals surface area contributed by atoms with Crippen molar-refractivity contribution in [1.82, 2.24) is 9.47 Å². The maximum atomic E-state index is 15.5. The van der Waals surface area contributed by atoms with Crippen LogP contribution < -0.4 is 16.1 Å². The van der Waals surface area contributed by atoms with Gasteiger partial charge < -0.3 is 25.2 Å². The molecule has 7 nitrogen and oxygen atoms in total. The van der Waals surface area contributed by atoms with Gasteiger partial charge in [0.15, 0.2) is 11.6 Å². The van der Waals surface area contributed by atoms with Crippen molar-refractivity contribution in [3.05, 3.63) is 33.6 Å². The quantitative estimate of drug-likeness (QED) is 0.789. The lowest BCUT2D eigenvalue weighted by Crippen LogP contribution is -2.45. The fourth-order valence-electron chi connectivity index (χ4n) is 3.65. The predicted octanol–water partition coefficient (Wildman–Crippen LogP) is 1.65. The molecule has 1 aliphatic heterocycles. The average molecular weight is 378 g/mol. The van der Waals surface area contributed by atoms with Gasteiger partial charge in [-0.2, -0.15) is 0 Å². The second-order valence-electron chi connectivity index (χ2n) is 7.22. The highest BCUT2D eigenvalue weighted by Crippen LogP contribution is 2.41. The number of benzene rings is 1. The Bertz CT molecular complexity index is 1010. The van der Waals surface area contributed by atoms with Crippen molar-refractivity contribution in [2.45, 2.75) is 18.9 Å². The molecular formula is C18H20F2N4O3. The van der Waals surface area contributed by atoms with Crippen LogP contribution in [0.1, 0.15) is 29.2 Å². The van der Waals surface area contributed by atoms with Crippen LogP contribution >= 0.6 is 0 Å². The third-order valence-corrected chi connectivity index (χ3v) is 5.35. The summed E-state index contributed by atoms with van der Waals surface area (Å²) < 4.78 is 32.0. The first-order valence-corrected chi connectivity index (χ1v) is 8.83. The number of pyridine rings is 1. The van der Waals surface area contributed by atoms with Crippen molar-refractivity contribution in [2.75, 3.05) is 43.9 Å². The summed E-state index contributed by atoms with van der Waals surface area (Å²) in [5.74, 6) is -3.31. The highest BCUT2D eigenvalue weighted by Gasteiger charge is 2.33. The summed E-state index contributed by atoms with van der Waals surface area (Å²) in [5.41, 5.74) is 3.54. The van der Waals surface area contributed by atoms with Crippen molar-refractivity contribution in [3.8, 4) is 0 Å². The second kappa shape index (κ2) is 6.19. The average Bonchev–Trinajstić information content (AvgIpc) is 3.46. The molecule has 0 radical (unpaired) electrons. The van der Waals surface area contributed by atoms with Crippen LogP contribution in [0, 0.1) is 11.6 Å². The number of nitrogens with zero attached hydrogens (tertiary/aromatic N) is 3. The first-order chi connectivity index (χ1) is 12.8. The lowest BCUT2D eigenvalue weighted by molar-refractivity contribution is 0.0695. The maximum Gasteiger partial charge on any atom is 0.341 e. The lowest BCUT2D eigenvalue weighted by atomic mass is 10.1. The number of carboxylic acids is 1. The third kappa shape index (κ3) is 2.73. The number of piperazine rings is 1. The van der Waals surface area contributed by atoms with Crippen LogP contribution in [0.2, 0.25) is 0 Å². The summed E-state index contributed by atoms with van der Waals surface area (Å²) in [6, 6.07) is -0.120. The summed E-state index contributed by atoms with van der Waals surface area (Å²) in [7, 11) is 1.93. The van der Waals surface area contributed by atoms with E-state index in [4.69, 9.17) is 5.73 Å². The van der Waals surface area contributed by atoms with Crippen LogP contribution in [0.25, 0.3) is 10.9 Å². The Balaban J connectivity index is 2.03. The molecule has 144 valence electrons. The van der Waals surface area contributed by atoms with Crippen molar-refractivity contribution < 1.29 is 18.7 Å². The molecule has 2 aliphatic rings. The minimum Gasteiger partial charge on any atom is -0.477 e. The number of rotatable bonds is 3. The molecule has 1 aromatic carbocycles. The number of halogens is 2. The summed E-state index contributed by atoms with van der Waals surface area (Å²) in [6.45, 7) is 2.14. The normalized spacial score (nSPS) is 18.3. The Morgan fingerprint density at radius 3 is 2.37 bits per heavy atom. The predicted molar refractivity (Wildman–Crippen MR) is 97.5 cm³/mol. The van der Waals surface area contributed by atoms with E-state index in [1.54, 1.807) is 4.90 Å². The van der Waals surface area contributed by atoms with Crippen molar-refractivity contribution in [1.29, 1.82) is 0 Å². The van der Waals surface area contributed by atoms with E-state index in [1.165, 1.54) is 4.57 Å². The fourth-order valence-corrected chi connectivity index (χ4v) is 3.65. The zero-order valence-corrected chi connectivity index (χ0v) is 14.8. The molecule has 1 aromatic heterocycles. The third-order valence-electron chi connectivity index (χ3n) is 5.35. The van der Waals surface area contributed by atoms with E-state index in [0.29, 0.717) is 26.2 Å². The van der Waals surface area contributed by atoms with Gasteiger partial charge in [0.25, 0.3) is 0 Å². The Kier molecular flexibility index (Phi) is 4.06. The van der Waals surface area contributed by atoms with Gasteiger partial charge >= 0.3 is 5.97 Å². The van der Waals surface area contributed by atoms with E-state index in [9.17, 15) is 14.7 Å². The number of fused-ring (bicyclic) bond motifs is 1. The molecule has 1 aliphatic carbocycles. The van der Waals surface area contributed by atoms with Crippen molar-refractivity contribution in [2.24, 2.45) is 0 Å². The van der Waals surface area contributed by atoms with Gasteiger partial charge in [0.1, 0.15) is 11.3 Å². The maximum absolute atomic E-state index is 15.5. The molecule has 0 amide bonds. The molecule has 0 unspecified atom stereocenters. The minimum absolute atomic E-state index is 0.111. The Labute approximate surface area is 153 Å². The van der Waals surface area contributed by atoms with Gasteiger partial charge in [0, 0.05) is 38.4 Å². The van der Waals surface area contributed by atoms with E-state index in [-0.39, 0.29) is 17.2 Å². The molecule has 1 saturated heterocycles. The molecule has 0 bridgehead atoms. The highest BCUT2D eigenvalue weighted by atomic mass is 19.1. The number of aromatic nitrogens is 1. The zero-order valence-electron chi connectivity index (χ0n) is 14.8. The number of anilines is 2. The molecule has 2 heterocycles. The number of nitrogen functional groups attached to an aromatic ring is 1. The van der Waals surface area contributed by atoms with Crippen molar-refractivity contribution >= 4 is 28.2 Å². The van der Waals surface area contributed by atoms with Crippen LogP contribution in [0.3, 0.4) is 0 Å². The first kappa shape index (κ1) is 17.7. The molecule has 4 rings (SSSR count).